The van der Waals surface area contributed by atoms with E-state index in [0.29, 0.717) is 12.1 Å². The van der Waals surface area contributed by atoms with E-state index in [-0.39, 0.29) is 0 Å². The summed E-state index contributed by atoms with van der Waals surface area (Å²) in [7, 11) is 0. The van der Waals surface area contributed by atoms with Crippen LogP contribution in [0.25, 0.3) is 0 Å². The molecule has 96 valence electrons. The Kier molecular flexibility index (Phi) is 5.77. The van der Waals surface area contributed by atoms with Crippen molar-refractivity contribution in [3.05, 3.63) is 0 Å². The molecule has 4 atom stereocenters. The molecule has 0 aromatic rings. The van der Waals surface area contributed by atoms with Gasteiger partial charge in [-0.1, -0.05) is 20.3 Å². The van der Waals surface area contributed by atoms with Gasteiger partial charge in [0.15, 0.2) is 0 Å². The quantitative estimate of drug-likeness (QED) is 0.796. The Morgan fingerprint density at radius 3 is 2.06 bits per heavy atom. The number of rotatable bonds is 3. The summed E-state index contributed by atoms with van der Waals surface area (Å²) in [5.74, 6) is 0.818. The molecule has 0 aromatic heterocycles. The molecule has 2 heteroatoms. The lowest BCUT2D eigenvalue weighted by molar-refractivity contribution is 0.133. The Balaban J connectivity index is 2.51. The highest BCUT2D eigenvalue weighted by molar-refractivity contribution is 4.79. The van der Waals surface area contributed by atoms with E-state index in [1.165, 1.54) is 32.4 Å². The van der Waals surface area contributed by atoms with E-state index in [2.05, 4.69) is 44.8 Å². The first-order chi connectivity index (χ1) is 7.54. The Morgan fingerprint density at radius 1 is 1.12 bits per heavy atom. The first-order valence-electron chi connectivity index (χ1n) is 7.04. The van der Waals surface area contributed by atoms with E-state index in [9.17, 15) is 0 Å². The van der Waals surface area contributed by atoms with Crippen molar-refractivity contribution < 1.29 is 0 Å². The van der Waals surface area contributed by atoms with Crippen molar-refractivity contribution in [2.24, 2.45) is 5.92 Å². The molecule has 1 heterocycles. The number of nitrogens with zero attached hydrogens (tertiary/aromatic N) is 1. The topological polar surface area (TPSA) is 15.3 Å². The minimum absolute atomic E-state index is 0.668. The van der Waals surface area contributed by atoms with E-state index in [0.717, 1.165) is 12.0 Å². The van der Waals surface area contributed by atoms with Crippen molar-refractivity contribution >= 4 is 0 Å². The fraction of sp³-hybridized carbons (Fsp3) is 1.00. The highest BCUT2D eigenvalue weighted by Gasteiger charge is 2.22. The van der Waals surface area contributed by atoms with Gasteiger partial charge in [-0.3, -0.25) is 0 Å². The molecule has 0 amide bonds. The zero-order chi connectivity index (χ0) is 12.1. The van der Waals surface area contributed by atoms with Gasteiger partial charge in [0.05, 0.1) is 0 Å². The van der Waals surface area contributed by atoms with E-state index < -0.39 is 0 Å². The van der Waals surface area contributed by atoms with Crippen LogP contribution in [0.5, 0.6) is 0 Å². The predicted octanol–water partition coefficient (Wildman–Crippen LogP) is 2.88. The predicted molar refractivity (Wildman–Crippen MR) is 71.8 cm³/mol. The third-order valence-corrected chi connectivity index (χ3v) is 4.31. The van der Waals surface area contributed by atoms with Gasteiger partial charge >= 0.3 is 0 Å². The summed E-state index contributed by atoms with van der Waals surface area (Å²) in [6.45, 7) is 14.2. The minimum atomic E-state index is 0.668. The Bertz CT molecular complexity index is 181. The summed E-state index contributed by atoms with van der Waals surface area (Å²) < 4.78 is 0. The molecule has 0 radical (unpaired) electrons. The molecule has 2 nitrogen and oxygen atoms in total. The van der Waals surface area contributed by atoms with Gasteiger partial charge in [-0.2, -0.15) is 0 Å². The van der Waals surface area contributed by atoms with Crippen molar-refractivity contribution in [3.8, 4) is 0 Å². The summed E-state index contributed by atoms with van der Waals surface area (Å²) >= 11 is 0. The van der Waals surface area contributed by atoms with Crippen LogP contribution in [0.4, 0.5) is 0 Å². The fourth-order valence-electron chi connectivity index (χ4n) is 2.59. The first kappa shape index (κ1) is 14.0. The highest BCUT2D eigenvalue weighted by atomic mass is 15.2. The van der Waals surface area contributed by atoms with Gasteiger partial charge in [0, 0.05) is 18.1 Å². The Morgan fingerprint density at radius 2 is 1.62 bits per heavy atom. The van der Waals surface area contributed by atoms with E-state index in [1.807, 2.05) is 0 Å². The van der Waals surface area contributed by atoms with Crippen LogP contribution in [0, 0.1) is 5.92 Å². The molecule has 1 rings (SSSR count). The maximum absolute atomic E-state index is 3.66. The maximum atomic E-state index is 3.66. The Labute approximate surface area is 102 Å². The van der Waals surface area contributed by atoms with Gasteiger partial charge in [-0.05, 0) is 52.6 Å². The lowest BCUT2D eigenvalue weighted by Gasteiger charge is -2.37. The van der Waals surface area contributed by atoms with E-state index in [4.69, 9.17) is 0 Å². The lowest BCUT2D eigenvalue weighted by atomic mass is 9.97. The summed E-state index contributed by atoms with van der Waals surface area (Å²) in [5.41, 5.74) is 0. The summed E-state index contributed by atoms with van der Waals surface area (Å²) in [6, 6.07) is 2.08. The summed E-state index contributed by atoms with van der Waals surface area (Å²) in [5, 5.41) is 3.66. The average Bonchev–Trinajstić information content (AvgIpc) is 2.24. The molecule has 0 spiro atoms. The third kappa shape index (κ3) is 4.06. The molecular formula is C14H30N2. The minimum Gasteiger partial charge on any atom is -0.312 e. The second-order valence-corrected chi connectivity index (χ2v) is 5.71. The molecule has 0 bridgehead atoms. The van der Waals surface area contributed by atoms with Gasteiger partial charge in [-0.15, -0.1) is 0 Å². The smallest absolute Gasteiger partial charge is 0.00924 e. The van der Waals surface area contributed by atoms with Crippen LogP contribution in [0.1, 0.15) is 53.9 Å². The largest absolute Gasteiger partial charge is 0.312 e. The number of nitrogens with one attached hydrogen (secondary N) is 1. The molecule has 0 saturated carbocycles. The van der Waals surface area contributed by atoms with Crippen molar-refractivity contribution in [1.29, 1.82) is 0 Å². The molecule has 1 aliphatic rings. The third-order valence-electron chi connectivity index (χ3n) is 4.31. The highest BCUT2D eigenvalue weighted by Crippen LogP contribution is 2.17. The second-order valence-electron chi connectivity index (χ2n) is 5.71. The van der Waals surface area contributed by atoms with Crippen LogP contribution in [0.2, 0.25) is 0 Å². The zero-order valence-corrected chi connectivity index (χ0v) is 11.8. The molecule has 0 aromatic carbocycles. The van der Waals surface area contributed by atoms with Crippen molar-refractivity contribution in [1.82, 2.24) is 10.2 Å². The van der Waals surface area contributed by atoms with Crippen LogP contribution in [-0.2, 0) is 0 Å². The SMILES string of the molecule is CCC(C)C(C)N1CCC(C)NC(C)CC1. The van der Waals surface area contributed by atoms with Crippen molar-refractivity contribution in [2.45, 2.75) is 72.0 Å². The Hall–Kier alpha value is -0.0800. The average molecular weight is 226 g/mol. The van der Waals surface area contributed by atoms with Gasteiger partial charge in [0.1, 0.15) is 0 Å². The molecule has 4 unspecified atom stereocenters. The monoisotopic (exact) mass is 226 g/mol. The van der Waals surface area contributed by atoms with Crippen LogP contribution in [0.15, 0.2) is 0 Å². The number of hydrogen-bond donors (Lipinski definition) is 1. The molecule has 16 heavy (non-hydrogen) atoms. The molecule has 1 aliphatic heterocycles. The molecule has 0 aliphatic carbocycles. The van der Waals surface area contributed by atoms with Crippen LogP contribution in [0.3, 0.4) is 0 Å². The second kappa shape index (κ2) is 6.61. The summed E-state index contributed by atoms with van der Waals surface area (Å²) in [6.07, 6.45) is 3.86. The van der Waals surface area contributed by atoms with Crippen LogP contribution >= 0.6 is 0 Å². The zero-order valence-electron chi connectivity index (χ0n) is 11.8. The molecule has 1 N–H and O–H groups in total. The number of hydrogen-bond acceptors (Lipinski definition) is 2. The maximum Gasteiger partial charge on any atom is 0.00924 e. The van der Waals surface area contributed by atoms with Crippen molar-refractivity contribution in [2.75, 3.05) is 13.1 Å². The van der Waals surface area contributed by atoms with Gasteiger partial charge in [0.2, 0.25) is 0 Å². The van der Waals surface area contributed by atoms with Gasteiger partial charge < -0.3 is 10.2 Å². The van der Waals surface area contributed by atoms with Crippen LogP contribution < -0.4 is 5.32 Å². The fourth-order valence-corrected chi connectivity index (χ4v) is 2.59. The molecule has 1 fully saturated rings. The lowest BCUT2D eigenvalue weighted by Crippen LogP contribution is -2.47. The van der Waals surface area contributed by atoms with Crippen LogP contribution in [-0.4, -0.2) is 36.1 Å². The standard InChI is InChI=1S/C14H30N2/c1-6-11(2)14(5)16-9-7-12(3)15-13(4)8-10-16/h11-15H,6-10H2,1-5H3. The van der Waals surface area contributed by atoms with Gasteiger partial charge in [-0.25, -0.2) is 0 Å². The normalized spacial score (nSPS) is 32.8. The van der Waals surface area contributed by atoms with E-state index in [1.54, 1.807) is 0 Å². The van der Waals surface area contributed by atoms with E-state index >= 15 is 0 Å². The molecular weight excluding hydrogens is 196 g/mol. The summed E-state index contributed by atoms with van der Waals surface area (Å²) in [4.78, 5) is 2.70. The first-order valence-corrected chi connectivity index (χ1v) is 7.04. The van der Waals surface area contributed by atoms with Crippen molar-refractivity contribution in [3.63, 3.8) is 0 Å². The molecule has 1 saturated heterocycles. The van der Waals surface area contributed by atoms with Gasteiger partial charge in [0.25, 0.3) is 0 Å².